The van der Waals surface area contributed by atoms with Gasteiger partial charge in [-0.25, -0.2) is 4.98 Å². The number of hydrogen-bond acceptors (Lipinski definition) is 3. The molecule has 0 amide bonds. The summed E-state index contributed by atoms with van der Waals surface area (Å²) in [5.41, 5.74) is 10.2. The van der Waals surface area contributed by atoms with E-state index in [0.29, 0.717) is 0 Å². The average molecular weight is 280 g/mol. The molecule has 3 rings (SSSR count). The molecule has 2 aromatic carbocycles. The predicted molar refractivity (Wildman–Crippen MR) is 86.9 cm³/mol. The van der Waals surface area contributed by atoms with Gasteiger partial charge in [-0.1, -0.05) is 30.3 Å². The summed E-state index contributed by atoms with van der Waals surface area (Å²) in [5.74, 6) is 0.945. The van der Waals surface area contributed by atoms with Crippen molar-refractivity contribution >= 4 is 28.4 Å². The van der Waals surface area contributed by atoms with Crippen LogP contribution in [0.3, 0.4) is 0 Å². The molecular weight excluding hydrogens is 264 g/mol. The van der Waals surface area contributed by atoms with Crippen molar-refractivity contribution in [2.75, 3.05) is 5.73 Å². The molecule has 2 N–H and O–H groups in total. The number of fused-ring (bicyclic) bond motifs is 1. The van der Waals surface area contributed by atoms with Crippen molar-refractivity contribution < 1.29 is 0 Å². The minimum atomic E-state index is 0.777. The van der Waals surface area contributed by atoms with Gasteiger partial charge in [-0.3, -0.25) is 0 Å². The van der Waals surface area contributed by atoms with Crippen LogP contribution in [-0.4, -0.2) is 4.98 Å². The molecule has 0 fully saturated rings. The van der Waals surface area contributed by atoms with Crippen LogP contribution >= 0.6 is 11.8 Å². The molecule has 2 nitrogen and oxygen atoms in total. The van der Waals surface area contributed by atoms with Gasteiger partial charge in [-0.15, -0.1) is 11.8 Å². The van der Waals surface area contributed by atoms with Crippen LogP contribution < -0.4 is 5.73 Å². The Kier molecular flexibility index (Phi) is 3.61. The Morgan fingerprint density at radius 1 is 1.05 bits per heavy atom. The number of nitrogens with two attached hydrogens (primary N) is 1. The molecule has 1 heterocycles. The number of hydrogen-bond donors (Lipinski definition) is 1. The number of rotatable bonds is 3. The lowest BCUT2D eigenvalue weighted by atomic mass is 10.1. The van der Waals surface area contributed by atoms with Gasteiger partial charge in [0.05, 0.1) is 10.5 Å². The van der Waals surface area contributed by atoms with Crippen molar-refractivity contribution in [3.8, 4) is 0 Å². The number of pyridine rings is 1. The van der Waals surface area contributed by atoms with Crippen LogP contribution in [0.15, 0.2) is 59.6 Å². The second-order valence-corrected chi connectivity index (χ2v) is 5.81. The molecule has 0 aliphatic carbocycles. The van der Waals surface area contributed by atoms with Gasteiger partial charge in [0.1, 0.15) is 0 Å². The summed E-state index contributed by atoms with van der Waals surface area (Å²) >= 11 is 1.76. The van der Waals surface area contributed by atoms with Crippen LogP contribution in [0.25, 0.3) is 10.9 Å². The van der Waals surface area contributed by atoms with Crippen LogP contribution in [0, 0.1) is 6.92 Å². The Hall–Kier alpha value is -2.00. The molecular formula is C17H16N2S. The second-order valence-electron chi connectivity index (χ2n) is 4.82. The van der Waals surface area contributed by atoms with E-state index in [2.05, 4.69) is 48.3 Å². The summed E-state index contributed by atoms with van der Waals surface area (Å²) in [4.78, 5) is 4.67. The second kappa shape index (κ2) is 5.55. The van der Waals surface area contributed by atoms with Gasteiger partial charge in [-0.2, -0.15) is 0 Å². The zero-order valence-electron chi connectivity index (χ0n) is 11.3. The van der Waals surface area contributed by atoms with E-state index in [1.807, 2.05) is 18.2 Å². The predicted octanol–water partition coefficient (Wildman–Crippen LogP) is 4.42. The first-order valence-electron chi connectivity index (χ1n) is 6.56. The average Bonchev–Trinajstić information content (AvgIpc) is 2.46. The maximum absolute atomic E-state index is 5.78. The molecule has 0 bridgehead atoms. The van der Waals surface area contributed by atoms with Crippen LogP contribution in [-0.2, 0) is 5.75 Å². The van der Waals surface area contributed by atoms with Gasteiger partial charge in [0.25, 0.3) is 0 Å². The van der Waals surface area contributed by atoms with Crippen molar-refractivity contribution in [2.24, 2.45) is 0 Å². The minimum Gasteiger partial charge on any atom is -0.399 e. The van der Waals surface area contributed by atoms with E-state index in [9.17, 15) is 0 Å². The molecule has 1 aromatic heterocycles. The zero-order chi connectivity index (χ0) is 13.9. The summed E-state index contributed by atoms with van der Waals surface area (Å²) in [6.07, 6.45) is 0. The first kappa shape index (κ1) is 13.0. The maximum atomic E-state index is 5.78. The van der Waals surface area contributed by atoms with Gasteiger partial charge in [0.15, 0.2) is 0 Å². The third kappa shape index (κ3) is 2.78. The van der Waals surface area contributed by atoms with E-state index in [4.69, 9.17) is 5.73 Å². The van der Waals surface area contributed by atoms with Crippen LogP contribution in [0.4, 0.5) is 5.69 Å². The number of aromatic nitrogens is 1. The largest absolute Gasteiger partial charge is 0.399 e. The molecule has 100 valence electrons. The standard InChI is InChI=1S/C17H16N2S/c1-12-4-2-3-5-14(12)11-20-17-9-6-13-10-15(18)7-8-16(13)19-17/h2-10H,11,18H2,1H3. The number of benzene rings is 2. The summed E-state index contributed by atoms with van der Waals surface area (Å²) in [5, 5.41) is 2.13. The number of nitrogen functional groups attached to an aromatic ring is 1. The molecule has 0 aliphatic heterocycles. The van der Waals surface area contributed by atoms with Gasteiger partial charge in [0, 0.05) is 16.8 Å². The Balaban J connectivity index is 1.81. The molecule has 0 saturated carbocycles. The van der Waals surface area contributed by atoms with E-state index in [1.54, 1.807) is 11.8 Å². The van der Waals surface area contributed by atoms with Crippen molar-refractivity contribution in [2.45, 2.75) is 17.7 Å². The third-order valence-electron chi connectivity index (χ3n) is 3.32. The Morgan fingerprint density at radius 3 is 2.75 bits per heavy atom. The summed E-state index contributed by atoms with van der Waals surface area (Å²) in [7, 11) is 0. The molecule has 0 spiro atoms. The fraction of sp³-hybridized carbons (Fsp3) is 0.118. The molecule has 0 aliphatic rings. The van der Waals surface area contributed by atoms with Crippen LogP contribution in [0.2, 0.25) is 0 Å². The van der Waals surface area contributed by atoms with Crippen molar-refractivity contribution in [3.05, 3.63) is 65.7 Å². The lowest BCUT2D eigenvalue weighted by Gasteiger charge is -2.06. The SMILES string of the molecule is Cc1ccccc1CSc1ccc2cc(N)ccc2n1. The smallest absolute Gasteiger partial charge is 0.0970 e. The zero-order valence-corrected chi connectivity index (χ0v) is 12.2. The van der Waals surface area contributed by atoms with Gasteiger partial charge >= 0.3 is 0 Å². The number of thioether (sulfide) groups is 1. The van der Waals surface area contributed by atoms with Gasteiger partial charge in [0.2, 0.25) is 0 Å². The first-order chi connectivity index (χ1) is 9.72. The third-order valence-corrected chi connectivity index (χ3v) is 4.30. The molecule has 0 unspecified atom stereocenters. The van der Waals surface area contributed by atoms with Crippen LogP contribution in [0.1, 0.15) is 11.1 Å². The van der Waals surface area contributed by atoms with E-state index < -0.39 is 0 Å². The Bertz CT molecular complexity index is 753. The molecule has 3 aromatic rings. The van der Waals surface area contributed by atoms with Crippen molar-refractivity contribution in [1.29, 1.82) is 0 Å². The van der Waals surface area contributed by atoms with E-state index in [1.165, 1.54) is 11.1 Å². The quantitative estimate of drug-likeness (QED) is 0.570. The summed E-state index contributed by atoms with van der Waals surface area (Å²) in [6.45, 7) is 2.15. The number of anilines is 1. The van der Waals surface area contributed by atoms with E-state index in [0.717, 1.165) is 27.4 Å². The summed E-state index contributed by atoms with van der Waals surface area (Å²) < 4.78 is 0. The molecule has 0 radical (unpaired) electrons. The molecule has 0 atom stereocenters. The van der Waals surface area contributed by atoms with Gasteiger partial charge < -0.3 is 5.73 Å². The first-order valence-corrected chi connectivity index (χ1v) is 7.54. The number of aryl methyl sites for hydroxylation is 1. The molecule has 0 saturated heterocycles. The number of nitrogens with zero attached hydrogens (tertiary/aromatic N) is 1. The lowest BCUT2D eigenvalue weighted by molar-refractivity contribution is 1.18. The Labute approximate surface area is 123 Å². The molecule has 3 heteroatoms. The fourth-order valence-corrected chi connectivity index (χ4v) is 3.08. The minimum absolute atomic E-state index is 0.777. The normalized spacial score (nSPS) is 10.8. The van der Waals surface area contributed by atoms with Gasteiger partial charge in [-0.05, 0) is 42.3 Å². The highest BCUT2D eigenvalue weighted by atomic mass is 32.2. The topological polar surface area (TPSA) is 38.9 Å². The maximum Gasteiger partial charge on any atom is 0.0970 e. The summed E-state index contributed by atoms with van der Waals surface area (Å²) in [6, 6.07) is 18.4. The van der Waals surface area contributed by atoms with Crippen molar-refractivity contribution in [1.82, 2.24) is 4.98 Å². The highest BCUT2D eigenvalue weighted by Crippen LogP contribution is 2.25. The lowest BCUT2D eigenvalue weighted by Crippen LogP contribution is -1.89. The van der Waals surface area contributed by atoms with E-state index in [-0.39, 0.29) is 0 Å². The van der Waals surface area contributed by atoms with E-state index >= 15 is 0 Å². The highest BCUT2D eigenvalue weighted by Gasteiger charge is 2.02. The fourth-order valence-electron chi connectivity index (χ4n) is 2.13. The highest BCUT2D eigenvalue weighted by molar-refractivity contribution is 7.98. The monoisotopic (exact) mass is 280 g/mol. The van der Waals surface area contributed by atoms with Crippen LogP contribution in [0.5, 0.6) is 0 Å². The van der Waals surface area contributed by atoms with Crippen molar-refractivity contribution in [3.63, 3.8) is 0 Å². The Morgan fingerprint density at radius 2 is 1.90 bits per heavy atom. The molecule has 20 heavy (non-hydrogen) atoms.